The number of amides is 1. The van der Waals surface area contributed by atoms with Crippen LogP contribution in [-0.4, -0.2) is 46.7 Å². The standard InChI is InChI=1S/C20H19Cl3N2O4.C19H18Cl3NO3/c21-13-4-11(5-15(8-13)25-14-2-1-3-14)10-29-19-16(22)6-12(7-17(19)23)20(28)24-9-18(26)27;20-13-4-12(5-15(9-13)23-14-2-1-3-14)10-26-19-16(21)6-11(7-17(19)22)8-18(24)25/h4-8,14,25H,1-3,9-10H2,(H,24,28)(H,26,27);4-7,9,14,23H,1-3,8,10H2,(H,24,25). The number of nitrogens with one attached hydrogen (secondary N) is 3. The molecule has 0 spiro atoms. The number of halogens is 6. The summed E-state index contributed by atoms with van der Waals surface area (Å²) in [7, 11) is 0. The molecule has 6 rings (SSSR count). The van der Waals surface area contributed by atoms with Crippen LogP contribution in [-0.2, 0) is 29.2 Å². The minimum atomic E-state index is -1.15. The van der Waals surface area contributed by atoms with Gasteiger partial charge in [-0.25, -0.2) is 0 Å². The Morgan fingerprint density at radius 3 is 1.40 bits per heavy atom. The molecule has 0 saturated heterocycles. The van der Waals surface area contributed by atoms with Crippen molar-refractivity contribution < 1.29 is 34.1 Å². The average molecular weight is 872 g/mol. The summed E-state index contributed by atoms with van der Waals surface area (Å²) in [5.41, 5.74) is 4.30. The zero-order valence-electron chi connectivity index (χ0n) is 29.2. The number of anilines is 2. The Balaban J connectivity index is 0.000000212. The fourth-order valence-electron chi connectivity index (χ4n) is 5.64. The lowest BCUT2D eigenvalue weighted by Crippen LogP contribution is -2.29. The van der Waals surface area contributed by atoms with Crippen molar-refractivity contribution in [1.29, 1.82) is 0 Å². The number of ether oxygens (including phenoxy) is 2. The molecule has 292 valence electrons. The third-order valence-electron chi connectivity index (χ3n) is 8.71. The van der Waals surface area contributed by atoms with Gasteiger partial charge in [0.2, 0.25) is 0 Å². The number of carbonyl (C=O) groups excluding carboxylic acids is 1. The molecule has 2 fully saturated rings. The van der Waals surface area contributed by atoms with Crippen LogP contribution in [0.4, 0.5) is 11.4 Å². The van der Waals surface area contributed by atoms with Crippen LogP contribution in [0.3, 0.4) is 0 Å². The number of hydrogen-bond donors (Lipinski definition) is 5. The summed E-state index contributed by atoms with van der Waals surface area (Å²) in [6, 6.07) is 18.2. The van der Waals surface area contributed by atoms with Crippen molar-refractivity contribution in [2.75, 3.05) is 17.2 Å². The fraction of sp³-hybridized carbons (Fsp3) is 0.308. The second kappa shape index (κ2) is 19.9. The first kappa shape index (κ1) is 42.4. The highest BCUT2D eigenvalue weighted by Crippen LogP contribution is 2.37. The average Bonchev–Trinajstić information content (AvgIpc) is 3.06. The minimum Gasteiger partial charge on any atom is -0.486 e. The number of carboxylic acids is 2. The monoisotopic (exact) mass is 869 g/mol. The van der Waals surface area contributed by atoms with E-state index in [0.717, 1.165) is 35.3 Å². The lowest BCUT2D eigenvalue weighted by molar-refractivity contribution is -0.137. The Morgan fingerprint density at radius 1 is 0.582 bits per heavy atom. The maximum absolute atomic E-state index is 12.0. The van der Waals surface area contributed by atoms with Crippen molar-refractivity contribution in [3.8, 4) is 11.5 Å². The van der Waals surface area contributed by atoms with E-state index in [1.165, 1.54) is 37.8 Å². The summed E-state index contributed by atoms with van der Waals surface area (Å²) >= 11 is 37.3. The van der Waals surface area contributed by atoms with Gasteiger partial charge < -0.3 is 35.6 Å². The van der Waals surface area contributed by atoms with Crippen LogP contribution in [0.5, 0.6) is 11.5 Å². The van der Waals surface area contributed by atoms with E-state index in [1.54, 1.807) is 18.2 Å². The van der Waals surface area contributed by atoms with E-state index >= 15 is 0 Å². The van der Waals surface area contributed by atoms with Crippen molar-refractivity contribution in [3.63, 3.8) is 0 Å². The fourth-order valence-corrected chi connectivity index (χ4v) is 7.39. The van der Waals surface area contributed by atoms with Crippen molar-refractivity contribution >= 4 is 98.8 Å². The predicted molar refractivity (Wildman–Crippen MR) is 218 cm³/mol. The molecule has 0 bridgehead atoms. The molecule has 5 N–H and O–H groups in total. The summed E-state index contributed by atoms with van der Waals surface area (Å²) in [5.74, 6) is -2.13. The molecule has 0 aromatic heterocycles. The van der Waals surface area contributed by atoms with Crippen LogP contribution in [0.1, 0.15) is 65.6 Å². The predicted octanol–water partition coefficient (Wildman–Crippen LogP) is 10.8. The van der Waals surface area contributed by atoms with Crippen LogP contribution in [0.15, 0.2) is 60.7 Å². The summed E-state index contributed by atoms with van der Waals surface area (Å²) in [6.45, 7) is -0.0696. The molecule has 4 aromatic rings. The van der Waals surface area contributed by atoms with E-state index in [1.807, 2.05) is 30.3 Å². The number of rotatable bonds is 15. The highest BCUT2D eigenvalue weighted by molar-refractivity contribution is 6.38. The van der Waals surface area contributed by atoms with Crippen LogP contribution in [0, 0.1) is 0 Å². The van der Waals surface area contributed by atoms with Crippen LogP contribution >= 0.6 is 69.6 Å². The zero-order chi connectivity index (χ0) is 39.6. The van der Waals surface area contributed by atoms with Crippen molar-refractivity contribution in [2.24, 2.45) is 0 Å². The highest BCUT2D eigenvalue weighted by Gasteiger charge is 2.20. The second-order valence-corrected chi connectivity index (χ2v) is 15.6. The quantitative estimate of drug-likeness (QED) is 0.0788. The van der Waals surface area contributed by atoms with E-state index in [0.29, 0.717) is 33.4 Å². The van der Waals surface area contributed by atoms with Crippen LogP contribution in [0.2, 0.25) is 30.1 Å². The smallest absolute Gasteiger partial charge is 0.322 e. The van der Waals surface area contributed by atoms with E-state index in [9.17, 15) is 14.4 Å². The Labute approximate surface area is 348 Å². The number of hydrogen-bond acceptors (Lipinski definition) is 7. The van der Waals surface area contributed by atoms with Crippen LogP contribution in [0.25, 0.3) is 0 Å². The molecule has 16 heteroatoms. The van der Waals surface area contributed by atoms with Gasteiger partial charge in [-0.15, -0.1) is 0 Å². The first-order valence-corrected chi connectivity index (χ1v) is 19.6. The minimum absolute atomic E-state index is 0.142. The Hall–Kier alpha value is -3.77. The Kier molecular flexibility index (Phi) is 15.3. The van der Waals surface area contributed by atoms with Gasteiger partial charge in [-0.05, 0) is 116 Å². The summed E-state index contributed by atoms with van der Waals surface area (Å²) < 4.78 is 11.5. The van der Waals surface area contributed by atoms with Gasteiger partial charge in [0.05, 0.1) is 26.5 Å². The molecule has 1 amide bonds. The van der Waals surface area contributed by atoms with Crippen molar-refractivity contribution in [3.05, 3.63) is 113 Å². The van der Waals surface area contributed by atoms with E-state index < -0.39 is 24.4 Å². The number of aliphatic carboxylic acids is 2. The van der Waals surface area contributed by atoms with Gasteiger partial charge in [0.25, 0.3) is 5.91 Å². The van der Waals surface area contributed by atoms with Gasteiger partial charge in [0.15, 0.2) is 11.5 Å². The molecular formula is C39H37Cl6N3O7. The molecule has 2 aliphatic rings. The molecule has 2 saturated carbocycles. The lowest BCUT2D eigenvalue weighted by atomic mass is 9.93. The molecule has 55 heavy (non-hydrogen) atoms. The molecule has 0 unspecified atom stereocenters. The molecule has 4 aromatic carbocycles. The lowest BCUT2D eigenvalue weighted by Gasteiger charge is -2.27. The van der Waals surface area contributed by atoms with Gasteiger partial charge in [-0.2, -0.15) is 0 Å². The third kappa shape index (κ3) is 12.9. The van der Waals surface area contributed by atoms with E-state index in [-0.39, 0.29) is 51.0 Å². The van der Waals surface area contributed by atoms with Gasteiger partial charge in [0, 0.05) is 39.1 Å². The Bertz CT molecular complexity index is 2000. The highest BCUT2D eigenvalue weighted by atomic mass is 35.5. The van der Waals surface area contributed by atoms with Crippen molar-refractivity contribution in [2.45, 2.75) is 70.2 Å². The molecule has 0 atom stereocenters. The maximum Gasteiger partial charge on any atom is 0.322 e. The zero-order valence-corrected chi connectivity index (χ0v) is 33.7. The van der Waals surface area contributed by atoms with E-state index in [2.05, 4.69) is 16.0 Å². The van der Waals surface area contributed by atoms with Gasteiger partial charge in [-0.1, -0.05) is 69.6 Å². The maximum atomic E-state index is 12.0. The summed E-state index contributed by atoms with van der Waals surface area (Å²) in [6.07, 6.45) is 6.98. The SMILES string of the molecule is O=C(O)CNC(=O)c1cc(Cl)c(OCc2cc(Cl)cc(NC3CCC3)c2)c(Cl)c1.O=C(O)Cc1cc(Cl)c(OCc2cc(Cl)cc(NC3CCC3)c2)c(Cl)c1. The third-order valence-corrected chi connectivity index (χ3v) is 10.3. The molecule has 0 heterocycles. The number of carbonyl (C=O) groups is 3. The molecule has 0 aliphatic heterocycles. The number of carboxylic acid groups (broad SMARTS) is 2. The van der Waals surface area contributed by atoms with Gasteiger partial charge in [0.1, 0.15) is 19.8 Å². The summed E-state index contributed by atoms with van der Waals surface area (Å²) in [5, 5.41) is 28.7. The molecule has 0 radical (unpaired) electrons. The van der Waals surface area contributed by atoms with Gasteiger partial charge >= 0.3 is 11.9 Å². The normalized spacial score (nSPS) is 13.7. The second-order valence-electron chi connectivity index (χ2n) is 13.1. The molecule has 10 nitrogen and oxygen atoms in total. The van der Waals surface area contributed by atoms with Gasteiger partial charge in [-0.3, -0.25) is 14.4 Å². The van der Waals surface area contributed by atoms with E-state index in [4.69, 9.17) is 89.3 Å². The van der Waals surface area contributed by atoms with Crippen LogP contribution < -0.4 is 25.4 Å². The first-order chi connectivity index (χ1) is 26.2. The topological polar surface area (TPSA) is 146 Å². The van der Waals surface area contributed by atoms with Crippen molar-refractivity contribution in [1.82, 2.24) is 5.32 Å². The summed E-state index contributed by atoms with van der Waals surface area (Å²) in [4.78, 5) is 33.4. The largest absolute Gasteiger partial charge is 0.486 e. The number of benzene rings is 4. The Morgan fingerprint density at radius 2 is 1.02 bits per heavy atom. The molecule has 2 aliphatic carbocycles. The molecular weight excluding hydrogens is 835 g/mol. The first-order valence-electron chi connectivity index (χ1n) is 17.3.